The average Bonchev–Trinajstić information content (AvgIpc) is 2.79. The van der Waals surface area contributed by atoms with Gasteiger partial charge in [0.1, 0.15) is 5.75 Å². The Kier molecular flexibility index (Phi) is 7.53. The minimum absolute atomic E-state index is 0.0847. The van der Waals surface area contributed by atoms with Crippen molar-refractivity contribution in [2.45, 2.75) is 25.7 Å². The molecule has 0 spiro atoms. The van der Waals surface area contributed by atoms with Gasteiger partial charge in [0.05, 0.1) is 26.2 Å². The molecule has 0 bridgehead atoms. The van der Waals surface area contributed by atoms with Crippen molar-refractivity contribution in [2.75, 3.05) is 14.2 Å². The summed E-state index contributed by atoms with van der Waals surface area (Å²) < 4.78 is 50.8. The highest BCUT2D eigenvalue weighted by atomic mass is 19.4. The molecule has 3 rings (SSSR count). The van der Waals surface area contributed by atoms with E-state index in [-0.39, 0.29) is 11.3 Å². The quantitative estimate of drug-likeness (QED) is 0.475. The predicted octanol–water partition coefficient (Wildman–Crippen LogP) is 5.39. The largest absolute Gasteiger partial charge is 0.496 e. The molecular weight excluding hydrogens is 419 g/mol. The molecule has 32 heavy (non-hydrogen) atoms. The Morgan fingerprint density at radius 1 is 0.875 bits per heavy atom. The molecule has 0 fully saturated rings. The molecule has 0 aliphatic carbocycles. The highest BCUT2D eigenvalue weighted by molar-refractivity contribution is 5.78. The highest BCUT2D eigenvalue weighted by Crippen LogP contribution is 2.41. The van der Waals surface area contributed by atoms with Gasteiger partial charge in [0, 0.05) is 18.7 Å². The van der Waals surface area contributed by atoms with Crippen LogP contribution in [0.2, 0.25) is 0 Å². The van der Waals surface area contributed by atoms with Gasteiger partial charge in [-0.25, -0.2) is 0 Å². The zero-order valence-corrected chi connectivity index (χ0v) is 17.8. The van der Waals surface area contributed by atoms with E-state index in [0.29, 0.717) is 18.7 Å². The molecule has 0 aromatic heterocycles. The molecule has 1 N–H and O–H groups in total. The Labute approximate surface area is 185 Å². The lowest BCUT2D eigenvalue weighted by Gasteiger charge is -2.19. The van der Waals surface area contributed by atoms with E-state index in [4.69, 9.17) is 4.74 Å². The second kappa shape index (κ2) is 10.3. The molecule has 7 heteroatoms. The van der Waals surface area contributed by atoms with E-state index in [1.165, 1.54) is 13.2 Å². The highest BCUT2D eigenvalue weighted by Gasteiger charge is 2.35. The topological polar surface area (TPSA) is 47.6 Å². The fraction of sp³-hybridized carbons (Fsp3) is 0.240. The van der Waals surface area contributed by atoms with Gasteiger partial charge in [-0.2, -0.15) is 13.2 Å². The third-order valence-electron chi connectivity index (χ3n) is 5.09. The number of methoxy groups -OCH3 is 2. The lowest BCUT2D eigenvalue weighted by Crippen LogP contribution is -2.15. The van der Waals surface area contributed by atoms with Crippen LogP contribution in [0.15, 0.2) is 66.7 Å². The minimum Gasteiger partial charge on any atom is -0.496 e. The van der Waals surface area contributed by atoms with Gasteiger partial charge in [0.15, 0.2) is 0 Å². The standard InChI is InChI=1S/C25H24F3NO3/c1-31-23-14-22(25(26,27)28)19(13-24(30)32-2)12-21(23)20-11-7-6-10-18(20)16-29-15-17-8-4-3-5-9-17/h3-12,14,29H,13,15-16H2,1-2H3. The van der Waals surface area contributed by atoms with Crippen LogP contribution in [-0.4, -0.2) is 20.2 Å². The smallest absolute Gasteiger partial charge is 0.416 e. The molecular formula is C25H24F3NO3. The number of ether oxygens (including phenoxy) is 2. The van der Waals surface area contributed by atoms with Gasteiger partial charge < -0.3 is 14.8 Å². The van der Waals surface area contributed by atoms with Crippen LogP contribution in [0.3, 0.4) is 0 Å². The molecule has 168 valence electrons. The number of carbonyl (C=O) groups is 1. The number of esters is 1. The molecule has 0 aliphatic heterocycles. The monoisotopic (exact) mass is 443 g/mol. The number of nitrogens with one attached hydrogen (secondary N) is 1. The Morgan fingerprint density at radius 3 is 2.22 bits per heavy atom. The molecule has 0 saturated carbocycles. The van der Waals surface area contributed by atoms with E-state index < -0.39 is 24.1 Å². The molecule has 0 radical (unpaired) electrons. The van der Waals surface area contributed by atoms with E-state index in [1.54, 1.807) is 0 Å². The van der Waals surface area contributed by atoms with Gasteiger partial charge in [-0.15, -0.1) is 0 Å². The van der Waals surface area contributed by atoms with E-state index >= 15 is 0 Å². The van der Waals surface area contributed by atoms with Crippen molar-refractivity contribution in [1.82, 2.24) is 5.32 Å². The van der Waals surface area contributed by atoms with Gasteiger partial charge in [-0.05, 0) is 34.4 Å². The maximum absolute atomic E-state index is 13.6. The summed E-state index contributed by atoms with van der Waals surface area (Å²) in [6.07, 6.45) is -5.12. The van der Waals surface area contributed by atoms with Gasteiger partial charge in [-0.1, -0.05) is 54.6 Å². The maximum atomic E-state index is 13.6. The van der Waals surface area contributed by atoms with Gasteiger partial charge in [0.25, 0.3) is 0 Å². The van der Waals surface area contributed by atoms with Crippen LogP contribution in [-0.2, 0) is 35.2 Å². The Hall–Kier alpha value is -3.32. The first-order valence-electron chi connectivity index (χ1n) is 10.0. The van der Waals surface area contributed by atoms with E-state index in [9.17, 15) is 18.0 Å². The lowest BCUT2D eigenvalue weighted by atomic mass is 9.93. The predicted molar refractivity (Wildman–Crippen MR) is 116 cm³/mol. The molecule has 3 aromatic rings. The normalized spacial score (nSPS) is 11.3. The van der Waals surface area contributed by atoms with Crippen molar-refractivity contribution in [1.29, 1.82) is 0 Å². The van der Waals surface area contributed by atoms with Crippen LogP contribution in [0.4, 0.5) is 13.2 Å². The second-order valence-electron chi connectivity index (χ2n) is 7.21. The number of hydrogen-bond donors (Lipinski definition) is 1. The lowest BCUT2D eigenvalue weighted by molar-refractivity contribution is -0.141. The van der Waals surface area contributed by atoms with Crippen molar-refractivity contribution < 1.29 is 27.4 Å². The van der Waals surface area contributed by atoms with Crippen LogP contribution in [0.25, 0.3) is 11.1 Å². The molecule has 0 heterocycles. The number of rotatable bonds is 8. The Morgan fingerprint density at radius 2 is 1.56 bits per heavy atom. The molecule has 0 saturated heterocycles. The van der Waals surface area contributed by atoms with Crippen molar-refractivity contribution in [2.24, 2.45) is 0 Å². The maximum Gasteiger partial charge on any atom is 0.416 e. The summed E-state index contributed by atoms with van der Waals surface area (Å²) in [6, 6.07) is 19.6. The first-order valence-corrected chi connectivity index (χ1v) is 10.0. The first kappa shape index (κ1) is 23.3. The van der Waals surface area contributed by atoms with Crippen LogP contribution in [0.5, 0.6) is 5.75 Å². The molecule has 0 amide bonds. The average molecular weight is 443 g/mol. The molecule has 0 aliphatic rings. The number of hydrogen-bond acceptors (Lipinski definition) is 4. The molecule has 4 nitrogen and oxygen atoms in total. The summed E-state index contributed by atoms with van der Waals surface area (Å²) in [6.45, 7) is 1.15. The molecule has 0 atom stereocenters. The van der Waals surface area contributed by atoms with Crippen LogP contribution < -0.4 is 10.1 Å². The van der Waals surface area contributed by atoms with Crippen LogP contribution in [0, 0.1) is 0 Å². The third kappa shape index (κ3) is 5.68. The molecule has 3 aromatic carbocycles. The van der Waals surface area contributed by atoms with Gasteiger partial charge in [0.2, 0.25) is 0 Å². The zero-order chi connectivity index (χ0) is 23.1. The zero-order valence-electron chi connectivity index (χ0n) is 17.8. The summed E-state index contributed by atoms with van der Waals surface area (Å²) >= 11 is 0. The van der Waals surface area contributed by atoms with E-state index in [1.807, 2.05) is 54.6 Å². The second-order valence-corrected chi connectivity index (χ2v) is 7.21. The van der Waals surface area contributed by atoms with Crippen molar-refractivity contribution in [3.63, 3.8) is 0 Å². The van der Waals surface area contributed by atoms with Crippen LogP contribution >= 0.6 is 0 Å². The van der Waals surface area contributed by atoms with E-state index in [0.717, 1.165) is 29.9 Å². The summed E-state index contributed by atoms with van der Waals surface area (Å²) in [5.74, 6) is -0.661. The Bertz CT molecular complexity index is 1070. The first-order chi connectivity index (χ1) is 15.3. The van der Waals surface area contributed by atoms with Crippen molar-refractivity contribution in [3.8, 4) is 16.9 Å². The minimum atomic E-state index is -4.63. The number of benzene rings is 3. The van der Waals surface area contributed by atoms with Crippen molar-refractivity contribution >= 4 is 5.97 Å². The summed E-state index contributed by atoms with van der Waals surface area (Å²) in [5, 5.41) is 3.36. The Balaban J connectivity index is 1.99. The third-order valence-corrected chi connectivity index (χ3v) is 5.09. The molecule has 0 unspecified atom stereocenters. The van der Waals surface area contributed by atoms with Gasteiger partial charge in [-0.3, -0.25) is 4.79 Å². The number of carbonyl (C=O) groups excluding carboxylic acids is 1. The van der Waals surface area contributed by atoms with Gasteiger partial charge >= 0.3 is 12.1 Å². The fourth-order valence-electron chi connectivity index (χ4n) is 3.52. The summed E-state index contributed by atoms with van der Waals surface area (Å²) in [5.41, 5.74) is 2.15. The fourth-order valence-corrected chi connectivity index (χ4v) is 3.52. The number of halogens is 3. The summed E-state index contributed by atoms with van der Waals surface area (Å²) in [4.78, 5) is 11.8. The van der Waals surface area contributed by atoms with E-state index in [2.05, 4.69) is 10.1 Å². The van der Waals surface area contributed by atoms with Crippen LogP contribution in [0.1, 0.15) is 22.3 Å². The summed E-state index contributed by atoms with van der Waals surface area (Å²) in [7, 11) is 2.48. The van der Waals surface area contributed by atoms with Crippen molar-refractivity contribution in [3.05, 3.63) is 89.0 Å². The SMILES string of the molecule is COC(=O)Cc1cc(-c2ccccc2CNCc2ccccc2)c(OC)cc1C(F)(F)F. The number of alkyl halides is 3.